The third-order valence-corrected chi connectivity index (χ3v) is 4.07. The summed E-state index contributed by atoms with van der Waals surface area (Å²) in [6, 6.07) is 11.6. The van der Waals surface area contributed by atoms with Crippen molar-refractivity contribution in [2.24, 2.45) is 5.92 Å². The van der Waals surface area contributed by atoms with E-state index in [2.05, 4.69) is 10.6 Å². The molecule has 0 aliphatic rings. The van der Waals surface area contributed by atoms with Gasteiger partial charge in [0, 0.05) is 5.56 Å². The second-order valence-electron chi connectivity index (χ2n) is 6.52. The Morgan fingerprint density at radius 1 is 1.00 bits per heavy atom. The largest absolute Gasteiger partial charge is 0.497 e. The standard InChI is InChI=1S/C21H25FN2O4/c1-14(2)19(24-20(25)15-4-6-16(22)7-5-15)21(26)23-12-13-28-18-10-8-17(27-3)9-11-18/h4-11,14,19H,12-13H2,1-3H3,(H,23,26)(H,24,25)/t19-/m0/s1. The number of carbonyl (C=O) groups is 2. The SMILES string of the molecule is COc1ccc(OCCNC(=O)[C@@H](NC(=O)c2ccc(F)cc2)C(C)C)cc1. The van der Waals surface area contributed by atoms with Gasteiger partial charge >= 0.3 is 0 Å². The van der Waals surface area contributed by atoms with Gasteiger partial charge in [-0.2, -0.15) is 0 Å². The molecule has 7 heteroatoms. The summed E-state index contributed by atoms with van der Waals surface area (Å²) in [5.74, 6) is 0.128. The predicted octanol–water partition coefficient (Wildman–Crippen LogP) is 2.78. The molecule has 0 saturated carbocycles. The van der Waals surface area contributed by atoms with E-state index in [4.69, 9.17) is 9.47 Å². The van der Waals surface area contributed by atoms with Crippen molar-refractivity contribution in [2.75, 3.05) is 20.3 Å². The van der Waals surface area contributed by atoms with Crippen molar-refractivity contribution in [1.29, 1.82) is 0 Å². The zero-order valence-corrected chi connectivity index (χ0v) is 16.2. The van der Waals surface area contributed by atoms with Crippen LogP contribution < -0.4 is 20.1 Å². The molecule has 0 spiro atoms. The topological polar surface area (TPSA) is 76.7 Å². The Kier molecular flexibility index (Phi) is 7.80. The van der Waals surface area contributed by atoms with E-state index < -0.39 is 17.8 Å². The summed E-state index contributed by atoms with van der Waals surface area (Å²) in [7, 11) is 1.59. The molecule has 150 valence electrons. The quantitative estimate of drug-likeness (QED) is 0.648. The summed E-state index contributed by atoms with van der Waals surface area (Å²) < 4.78 is 23.6. The minimum Gasteiger partial charge on any atom is -0.497 e. The van der Waals surface area contributed by atoms with E-state index in [9.17, 15) is 14.0 Å². The summed E-state index contributed by atoms with van der Waals surface area (Å²) in [6.07, 6.45) is 0. The highest BCUT2D eigenvalue weighted by atomic mass is 19.1. The normalized spacial score (nSPS) is 11.6. The number of methoxy groups -OCH3 is 1. The Morgan fingerprint density at radius 3 is 2.18 bits per heavy atom. The van der Waals surface area contributed by atoms with Crippen molar-refractivity contribution < 1.29 is 23.5 Å². The molecule has 0 aliphatic heterocycles. The Morgan fingerprint density at radius 2 is 1.61 bits per heavy atom. The van der Waals surface area contributed by atoms with Crippen LogP contribution in [0.3, 0.4) is 0 Å². The van der Waals surface area contributed by atoms with Crippen LogP contribution in [0.4, 0.5) is 4.39 Å². The van der Waals surface area contributed by atoms with Crippen molar-refractivity contribution in [3.63, 3.8) is 0 Å². The van der Waals surface area contributed by atoms with E-state index in [0.29, 0.717) is 17.9 Å². The van der Waals surface area contributed by atoms with Crippen molar-refractivity contribution >= 4 is 11.8 Å². The molecule has 0 aliphatic carbocycles. The first kappa shape index (κ1) is 21.2. The number of ether oxygens (including phenoxy) is 2. The second-order valence-corrected chi connectivity index (χ2v) is 6.52. The number of benzene rings is 2. The maximum absolute atomic E-state index is 13.0. The lowest BCUT2D eigenvalue weighted by molar-refractivity contribution is -0.124. The minimum atomic E-state index is -0.710. The molecule has 0 radical (unpaired) electrons. The molecular formula is C21H25FN2O4. The van der Waals surface area contributed by atoms with Crippen LogP contribution >= 0.6 is 0 Å². The number of nitrogens with one attached hydrogen (secondary N) is 2. The van der Waals surface area contributed by atoms with Gasteiger partial charge in [0.2, 0.25) is 5.91 Å². The van der Waals surface area contributed by atoms with Crippen LogP contribution in [0.5, 0.6) is 11.5 Å². The fraction of sp³-hybridized carbons (Fsp3) is 0.333. The average Bonchev–Trinajstić information content (AvgIpc) is 2.69. The second kappa shape index (κ2) is 10.3. The number of halogens is 1. The van der Waals surface area contributed by atoms with Crippen LogP contribution in [0.15, 0.2) is 48.5 Å². The van der Waals surface area contributed by atoms with Crippen LogP contribution in [-0.2, 0) is 4.79 Å². The molecule has 2 aromatic carbocycles. The van der Waals surface area contributed by atoms with Gasteiger partial charge in [0.25, 0.3) is 5.91 Å². The minimum absolute atomic E-state index is 0.119. The van der Waals surface area contributed by atoms with Gasteiger partial charge in [-0.15, -0.1) is 0 Å². The van der Waals surface area contributed by atoms with E-state index in [-0.39, 0.29) is 18.4 Å². The fourth-order valence-corrected chi connectivity index (χ4v) is 2.49. The zero-order valence-electron chi connectivity index (χ0n) is 16.2. The molecule has 0 fully saturated rings. The maximum Gasteiger partial charge on any atom is 0.251 e. The Balaban J connectivity index is 1.82. The third-order valence-electron chi connectivity index (χ3n) is 4.07. The zero-order chi connectivity index (χ0) is 20.5. The fourth-order valence-electron chi connectivity index (χ4n) is 2.49. The van der Waals surface area contributed by atoms with E-state index in [1.807, 2.05) is 13.8 Å². The summed E-state index contributed by atoms with van der Waals surface area (Å²) in [6.45, 7) is 4.25. The first-order valence-corrected chi connectivity index (χ1v) is 9.01. The van der Waals surface area contributed by atoms with E-state index >= 15 is 0 Å². The summed E-state index contributed by atoms with van der Waals surface area (Å²) in [5.41, 5.74) is 0.294. The van der Waals surface area contributed by atoms with Crippen molar-refractivity contribution in [3.05, 3.63) is 59.9 Å². The highest BCUT2D eigenvalue weighted by molar-refractivity contribution is 5.97. The van der Waals surface area contributed by atoms with Crippen molar-refractivity contribution in [3.8, 4) is 11.5 Å². The number of amides is 2. The number of hydrogen-bond donors (Lipinski definition) is 2. The van der Waals surface area contributed by atoms with Crippen LogP contribution in [0.2, 0.25) is 0 Å². The molecule has 6 nitrogen and oxygen atoms in total. The van der Waals surface area contributed by atoms with Crippen LogP contribution in [0.1, 0.15) is 24.2 Å². The molecular weight excluding hydrogens is 363 g/mol. The highest BCUT2D eigenvalue weighted by Crippen LogP contribution is 2.16. The summed E-state index contributed by atoms with van der Waals surface area (Å²) in [4.78, 5) is 24.7. The first-order chi connectivity index (χ1) is 13.4. The van der Waals surface area contributed by atoms with E-state index in [1.54, 1.807) is 31.4 Å². The number of rotatable bonds is 9. The van der Waals surface area contributed by atoms with Crippen LogP contribution in [0.25, 0.3) is 0 Å². The average molecular weight is 388 g/mol. The number of carbonyl (C=O) groups excluding carboxylic acids is 2. The lowest BCUT2D eigenvalue weighted by atomic mass is 10.0. The van der Waals surface area contributed by atoms with Gasteiger partial charge in [-0.05, 0) is 54.4 Å². The third kappa shape index (κ3) is 6.26. The molecule has 0 heterocycles. The molecule has 28 heavy (non-hydrogen) atoms. The Hall–Kier alpha value is -3.09. The molecule has 2 rings (SSSR count). The highest BCUT2D eigenvalue weighted by Gasteiger charge is 2.24. The Bertz CT molecular complexity index is 776. The monoisotopic (exact) mass is 388 g/mol. The van der Waals surface area contributed by atoms with Crippen LogP contribution in [0, 0.1) is 11.7 Å². The van der Waals surface area contributed by atoms with E-state index in [1.165, 1.54) is 24.3 Å². The molecule has 2 N–H and O–H groups in total. The van der Waals surface area contributed by atoms with Gasteiger partial charge in [0.15, 0.2) is 0 Å². The van der Waals surface area contributed by atoms with Crippen molar-refractivity contribution in [2.45, 2.75) is 19.9 Å². The summed E-state index contributed by atoms with van der Waals surface area (Å²) in [5, 5.41) is 5.45. The lowest BCUT2D eigenvalue weighted by Gasteiger charge is -2.22. The van der Waals surface area contributed by atoms with Gasteiger partial charge in [-0.25, -0.2) is 4.39 Å². The number of hydrogen-bond acceptors (Lipinski definition) is 4. The Labute approximate surface area is 164 Å². The van der Waals surface area contributed by atoms with Crippen molar-refractivity contribution in [1.82, 2.24) is 10.6 Å². The van der Waals surface area contributed by atoms with Gasteiger partial charge in [0.1, 0.15) is 30.0 Å². The van der Waals surface area contributed by atoms with Gasteiger partial charge < -0.3 is 20.1 Å². The molecule has 0 unspecified atom stereocenters. The summed E-state index contributed by atoms with van der Waals surface area (Å²) >= 11 is 0. The van der Waals surface area contributed by atoms with Gasteiger partial charge in [0.05, 0.1) is 13.7 Å². The molecule has 0 bridgehead atoms. The smallest absolute Gasteiger partial charge is 0.251 e. The van der Waals surface area contributed by atoms with Gasteiger partial charge in [-0.1, -0.05) is 13.8 Å². The van der Waals surface area contributed by atoms with Gasteiger partial charge in [-0.3, -0.25) is 9.59 Å². The predicted molar refractivity (Wildman–Crippen MR) is 104 cm³/mol. The molecule has 0 aromatic heterocycles. The van der Waals surface area contributed by atoms with Crippen LogP contribution in [-0.4, -0.2) is 38.1 Å². The first-order valence-electron chi connectivity index (χ1n) is 9.01. The molecule has 1 atom stereocenters. The molecule has 0 saturated heterocycles. The van der Waals surface area contributed by atoms with E-state index in [0.717, 1.165) is 5.75 Å². The molecule has 2 aromatic rings. The molecule has 2 amide bonds. The maximum atomic E-state index is 13.0. The lowest BCUT2D eigenvalue weighted by Crippen LogP contribution is -2.50.